The second kappa shape index (κ2) is 6.23. The number of ether oxygens (including phenoxy) is 1. The predicted molar refractivity (Wildman–Crippen MR) is 77.7 cm³/mol. The Morgan fingerprint density at radius 1 is 1.35 bits per heavy atom. The number of methoxy groups -OCH3 is 1. The molecule has 2 aromatic rings. The lowest BCUT2D eigenvalue weighted by atomic mass is 10.2. The summed E-state index contributed by atoms with van der Waals surface area (Å²) >= 11 is 0. The van der Waals surface area contributed by atoms with E-state index < -0.39 is 0 Å². The highest BCUT2D eigenvalue weighted by Gasteiger charge is 2.06. The van der Waals surface area contributed by atoms with Crippen molar-refractivity contribution >= 4 is 11.7 Å². The maximum atomic E-state index is 11.3. The number of imidazole rings is 1. The number of carbonyl (C=O) groups excluding carboxylic acids is 1. The number of carbonyl (C=O) groups is 1. The van der Waals surface area contributed by atoms with Crippen molar-refractivity contribution in [2.45, 2.75) is 26.4 Å². The molecule has 0 aliphatic carbocycles. The molecule has 1 aromatic heterocycles. The molecule has 0 saturated heterocycles. The molecule has 5 heteroatoms. The monoisotopic (exact) mass is 273 g/mol. The zero-order valence-electron chi connectivity index (χ0n) is 12.0. The fraction of sp³-hybridized carbons (Fsp3) is 0.333. The van der Waals surface area contributed by atoms with Gasteiger partial charge in [-0.3, -0.25) is 0 Å². The Hall–Kier alpha value is -2.30. The molecule has 0 fully saturated rings. The molecule has 106 valence electrons. The first-order valence-electron chi connectivity index (χ1n) is 6.54. The van der Waals surface area contributed by atoms with Crippen LogP contribution in [0.1, 0.15) is 35.9 Å². The molecule has 1 aromatic carbocycles. The van der Waals surface area contributed by atoms with Gasteiger partial charge in [0.1, 0.15) is 0 Å². The van der Waals surface area contributed by atoms with Gasteiger partial charge in [-0.1, -0.05) is 0 Å². The van der Waals surface area contributed by atoms with Gasteiger partial charge in [-0.15, -0.1) is 0 Å². The molecule has 1 N–H and O–H groups in total. The highest BCUT2D eigenvalue weighted by atomic mass is 16.5. The average Bonchev–Trinajstić information content (AvgIpc) is 2.93. The van der Waals surface area contributed by atoms with E-state index in [2.05, 4.69) is 33.5 Å². The van der Waals surface area contributed by atoms with Gasteiger partial charge in [-0.25, -0.2) is 9.78 Å². The van der Waals surface area contributed by atoms with E-state index in [1.807, 2.05) is 24.7 Å². The number of aromatic nitrogens is 2. The second-order valence-corrected chi connectivity index (χ2v) is 4.81. The lowest BCUT2D eigenvalue weighted by Crippen LogP contribution is -2.09. The summed E-state index contributed by atoms with van der Waals surface area (Å²) in [6.45, 7) is 4.93. The molecule has 1 heterocycles. The van der Waals surface area contributed by atoms with Crippen LogP contribution < -0.4 is 5.32 Å². The molecular weight excluding hydrogens is 254 g/mol. The van der Waals surface area contributed by atoms with E-state index in [0.717, 1.165) is 11.4 Å². The first-order chi connectivity index (χ1) is 9.61. The van der Waals surface area contributed by atoms with Crippen LogP contribution in [-0.4, -0.2) is 22.6 Å². The summed E-state index contributed by atoms with van der Waals surface area (Å²) in [5.74, 6) is -0.325. The van der Waals surface area contributed by atoms with Gasteiger partial charge < -0.3 is 14.6 Å². The fourth-order valence-corrected chi connectivity index (χ4v) is 1.97. The number of hydrogen-bond donors (Lipinski definition) is 1. The van der Waals surface area contributed by atoms with Gasteiger partial charge in [0.25, 0.3) is 0 Å². The Morgan fingerprint density at radius 3 is 2.65 bits per heavy atom. The quantitative estimate of drug-likeness (QED) is 0.851. The van der Waals surface area contributed by atoms with Gasteiger partial charge in [0.15, 0.2) is 0 Å². The summed E-state index contributed by atoms with van der Waals surface area (Å²) < 4.78 is 6.79. The third-order valence-corrected chi connectivity index (χ3v) is 3.08. The normalized spacial score (nSPS) is 10.6. The van der Waals surface area contributed by atoms with Crippen LogP contribution in [0.5, 0.6) is 0 Å². The Morgan fingerprint density at radius 2 is 2.05 bits per heavy atom. The smallest absolute Gasteiger partial charge is 0.337 e. The minimum Gasteiger partial charge on any atom is -0.465 e. The topological polar surface area (TPSA) is 56.1 Å². The number of nitrogens with one attached hydrogen (secondary N) is 1. The third-order valence-electron chi connectivity index (χ3n) is 3.08. The molecule has 0 atom stereocenters. The van der Waals surface area contributed by atoms with Crippen LogP contribution in [0.25, 0.3) is 0 Å². The highest BCUT2D eigenvalue weighted by molar-refractivity contribution is 5.89. The molecular formula is C15H19N3O2. The van der Waals surface area contributed by atoms with Gasteiger partial charge in [0.2, 0.25) is 0 Å². The van der Waals surface area contributed by atoms with Crippen LogP contribution in [0.15, 0.2) is 36.8 Å². The summed E-state index contributed by atoms with van der Waals surface area (Å²) in [6.07, 6.45) is 3.69. The van der Waals surface area contributed by atoms with Crippen molar-refractivity contribution in [3.8, 4) is 0 Å². The van der Waals surface area contributed by atoms with Crippen LogP contribution in [0.2, 0.25) is 0 Å². The Kier molecular flexibility index (Phi) is 4.40. The van der Waals surface area contributed by atoms with Gasteiger partial charge in [0, 0.05) is 17.9 Å². The zero-order chi connectivity index (χ0) is 14.5. The van der Waals surface area contributed by atoms with Crippen molar-refractivity contribution in [3.05, 3.63) is 48.0 Å². The minimum atomic E-state index is -0.325. The van der Waals surface area contributed by atoms with E-state index >= 15 is 0 Å². The van der Waals surface area contributed by atoms with Crippen molar-refractivity contribution in [1.82, 2.24) is 9.55 Å². The average molecular weight is 273 g/mol. The summed E-state index contributed by atoms with van der Waals surface area (Å²) in [4.78, 5) is 15.5. The third kappa shape index (κ3) is 3.17. The molecule has 20 heavy (non-hydrogen) atoms. The van der Waals surface area contributed by atoms with Crippen LogP contribution in [0.4, 0.5) is 5.69 Å². The van der Waals surface area contributed by atoms with Gasteiger partial charge in [-0.2, -0.15) is 0 Å². The molecule has 0 bridgehead atoms. The van der Waals surface area contributed by atoms with Crippen LogP contribution in [0.3, 0.4) is 0 Å². The van der Waals surface area contributed by atoms with Crippen molar-refractivity contribution in [2.75, 3.05) is 12.4 Å². The lowest BCUT2D eigenvalue weighted by Gasteiger charge is -2.13. The number of nitrogens with zero attached hydrogens (tertiary/aromatic N) is 2. The van der Waals surface area contributed by atoms with E-state index in [9.17, 15) is 4.79 Å². The van der Waals surface area contributed by atoms with Gasteiger partial charge in [0.05, 0.1) is 31.2 Å². The second-order valence-electron chi connectivity index (χ2n) is 4.81. The van der Waals surface area contributed by atoms with E-state index in [-0.39, 0.29) is 5.97 Å². The number of esters is 1. The zero-order valence-corrected chi connectivity index (χ0v) is 12.0. The SMILES string of the molecule is COC(=O)c1ccc(NCc2cncn2C(C)C)cc1. The Labute approximate surface area is 118 Å². The number of rotatable bonds is 5. The largest absolute Gasteiger partial charge is 0.465 e. The molecule has 0 unspecified atom stereocenters. The van der Waals surface area contributed by atoms with Crippen LogP contribution in [0, 0.1) is 0 Å². The molecule has 0 spiro atoms. The van der Waals surface area contributed by atoms with E-state index in [1.54, 1.807) is 12.1 Å². The molecule has 0 aliphatic heterocycles. The van der Waals surface area contributed by atoms with E-state index in [1.165, 1.54) is 7.11 Å². The summed E-state index contributed by atoms with van der Waals surface area (Å²) in [5.41, 5.74) is 2.62. The summed E-state index contributed by atoms with van der Waals surface area (Å²) in [6, 6.07) is 7.60. The summed E-state index contributed by atoms with van der Waals surface area (Å²) in [7, 11) is 1.38. The molecule has 5 nitrogen and oxygen atoms in total. The van der Waals surface area contributed by atoms with Gasteiger partial charge >= 0.3 is 5.97 Å². The molecule has 2 rings (SSSR count). The standard InChI is InChI=1S/C15H19N3O2/c1-11(2)18-10-16-8-14(18)9-17-13-6-4-12(5-7-13)15(19)20-3/h4-8,10-11,17H,9H2,1-3H3. The molecule has 0 aliphatic rings. The predicted octanol–water partition coefficient (Wildman–Crippen LogP) is 2.86. The van der Waals surface area contributed by atoms with Gasteiger partial charge in [-0.05, 0) is 38.1 Å². The first kappa shape index (κ1) is 14.1. The maximum Gasteiger partial charge on any atom is 0.337 e. The number of anilines is 1. The van der Waals surface area contributed by atoms with Crippen LogP contribution >= 0.6 is 0 Å². The van der Waals surface area contributed by atoms with Crippen molar-refractivity contribution in [3.63, 3.8) is 0 Å². The van der Waals surface area contributed by atoms with Crippen molar-refractivity contribution in [1.29, 1.82) is 0 Å². The highest BCUT2D eigenvalue weighted by Crippen LogP contribution is 2.14. The Balaban J connectivity index is 2.00. The fourth-order valence-electron chi connectivity index (χ4n) is 1.97. The van der Waals surface area contributed by atoms with E-state index in [4.69, 9.17) is 0 Å². The summed E-state index contributed by atoms with van der Waals surface area (Å²) in [5, 5.41) is 3.31. The minimum absolute atomic E-state index is 0.325. The number of hydrogen-bond acceptors (Lipinski definition) is 4. The maximum absolute atomic E-state index is 11.3. The van der Waals surface area contributed by atoms with E-state index in [0.29, 0.717) is 18.2 Å². The lowest BCUT2D eigenvalue weighted by molar-refractivity contribution is 0.0601. The Bertz CT molecular complexity index is 573. The first-order valence-corrected chi connectivity index (χ1v) is 6.54. The van der Waals surface area contributed by atoms with Crippen molar-refractivity contribution < 1.29 is 9.53 Å². The molecule has 0 amide bonds. The number of benzene rings is 1. The van der Waals surface area contributed by atoms with Crippen molar-refractivity contribution in [2.24, 2.45) is 0 Å². The molecule has 0 radical (unpaired) electrons. The van der Waals surface area contributed by atoms with Crippen LogP contribution in [-0.2, 0) is 11.3 Å². The molecule has 0 saturated carbocycles.